The van der Waals surface area contributed by atoms with E-state index in [-0.39, 0.29) is 23.5 Å². The van der Waals surface area contributed by atoms with Crippen LogP contribution in [-0.4, -0.2) is 78.1 Å². The Labute approximate surface area is 196 Å². The third-order valence-electron chi connectivity index (χ3n) is 7.64. The second-order valence-corrected chi connectivity index (χ2v) is 10.1. The maximum absolute atomic E-state index is 10.5. The number of aromatic nitrogens is 2. The molecular weight excluding hydrogens is 420 g/mol. The van der Waals surface area contributed by atoms with Crippen molar-refractivity contribution in [2.75, 3.05) is 40.9 Å². The van der Waals surface area contributed by atoms with E-state index in [1.54, 1.807) is 7.11 Å². The summed E-state index contributed by atoms with van der Waals surface area (Å²) in [5.74, 6) is 1.54. The molecule has 3 heterocycles. The van der Waals surface area contributed by atoms with Crippen LogP contribution in [-0.2, 0) is 9.57 Å². The van der Waals surface area contributed by atoms with Gasteiger partial charge in [0.05, 0.1) is 43.2 Å². The van der Waals surface area contributed by atoms with Gasteiger partial charge in [-0.15, -0.1) is 0 Å². The van der Waals surface area contributed by atoms with Crippen LogP contribution >= 0.6 is 0 Å². The molecule has 1 aromatic heterocycles. The number of hydrogen-bond donors (Lipinski definition) is 1. The molecule has 2 aliphatic carbocycles. The summed E-state index contributed by atoms with van der Waals surface area (Å²) in [6, 6.07) is 2.50. The van der Waals surface area contributed by atoms with Crippen LogP contribution in [0.1, 0.15) is 50.1 Å². The maximum atomic E-state index is 10.5. The summed E-state index contributed by atoms with van der Waals surface area (Å²) < 4.78 is 12.4. The van der Waals surface area contributed by atoms with Gasteiger partial charge in [0.1, 0.15) is 6.10 Å². The number of hydrogen-bond acceptors (Lipinski definition) is 8. The first-order valence-corrected chi connectivity index (χ1v) is 12.2. The lowest BCUT2D eigenvalue weighted by atomic mass is 9.60. The molecule has 0 amide bonds. The average Bonchev–Trinajstić information content (AvgIpc) is 3.03. The highest BCUT2D eigenvalue weighted by molar-refractivity contribution is 5.39. The van der Waals surface area contributed by atoms with Gasteiger partial charge in [-0.3, -0.25) is 9.90 Å². The molecule has 1 fully saturated rings. The van der Waals surface area contributed by atoms with Crippen LogP contribution in [0.15, 0.2) is 35.9 Å². The molecule has 1 aromatic rings. The molecule has 33 heavy (non-hydrogen) atoms. The van der Waals surface area contributed by atoms with Crippen molar-refractivity contribution in [3.63, 3.8) is 0 Å². The van der Waals surface area contributed by atoms with Gasteiger partial charge in [-0.1, -0.05) is 6.08 Å². The molecule has 0 aromatic carbocycles. The van der Waals surface area contributed by atoms with E-state index in [2.05, 4.69) is 36.3 Å². The minimum Gasteiger partial charge on any atom is -0.493 e. The van der Waals surface area contributed by atoms with E-state index in [1.165, 1.54) is 5.57 Å². The van der Waals surface area contributed by atoms with Crippen LogP contribution in [0.5, 0.6) is 6.01 Å². The smallest absolute Gasteiger partial charge is 0.316 e. The number of ether oxygens (including phenoxy) is 2. The van der Waals surface area contributed by atoms with Crippen LogP contribution in [0.3, 0.4) is 0 Å². The molecule has 0 bridgehead atoms. The van der Waals surface area contributed by atoms with Gasteiger partial charge in [-0.2, -0.15) is 4.98 Å². The van der Waals surface area contributed by atoms with Crippen molar-refractivity contribution in [1.29, 1.82) is 0 Å². The SMILES string of the molecule is CON1C=CC23CC(c4ccnc(OCCCN(C)C)n4)CCC2OC2=C3C(C[C@@H](O)C2)C1. The van der Waals surface area contributed by atoms with Crippen molar-refractivity contribution >= 4 is 0 Å². The third kappa shape index (κ3) is 4.36. The van der Waals surface area contributed by atoms with E-state index in [1.807, 2.05) is 17.3 Å². The van der Waals surface area contributed by atoms with Crippen molar-refractivity contribution in [2.45, 2.75) is 56.7 Å². The predicted octanol–water partition coefficient (Wildman–Crippen LogP) is 2.88. The Morgan fingerprint density at radius 2 is 2.18 bits per heavy atom. The Morgan fingerprint density at radius 1 is 1.30 bits per heavy atom. The van der Waals surface area contributed by atoms with Gasteiger partial charge in [0.25, 0.3) is 0 Å². The fraction of sp³-hybridized carbons (Fsp3) is 0.680. The van der Waals surface area contributed by atoms with E-state index in [0.29, 0.717) is 25.0 Å². The van der Waals surface area contributed by atoms with Gasteiger partial charge in [-0.05, 0) is 57.8 Å². The first-order valence-electron chi connectivity index (χ1n) is 12.2. The number of rotatable bonds is 7. The zero-order valence-corrected chi connectivity index (χ0v) is 19.9. The summed E-state index contributed by atoms with van der Waals surface area (Å²) in [7, 11) is 5.83. The molecule has 8 heteroatoms. The highest BCUT2D eigenvalue weighted by atomic mass is 16.7. The molecule has 1 spiro atoms. The third-order valence-corrected chi connectivity index (χ3v) is 7.64. The molecule has 4 aliphatic rings. The van der Waals surface area contributed by atoms with Crippen LogP contribution in [0, 0.1) is 11.3 Å². The Kier molecular flexibility index (Phi) is 6.33. The summed E-state index contributed by atoms with van der Waals surface area (Å²) in [5, 5.41) is 12.4. The Hall–Kier alpha value is -2.16. The maximum Gasteiger partial charge on any atom is 0.316 e. The highest BCUT2D eigenvalue weighted by Crippen LogP contribution is 2.60. The molecule has 8 nitrogen and oxygen atoms in total. The van der Waals surface area contributed by atoms with E-state index >= 15 is 0 Å². The van der Waals surface area contributed by atoms with E-state index in [4.69, 9.17) is 19.3 Å². The average molecular weight is 457 g/mol. The lowest BCUT2D eigenvalue weighted by Gasteiger charge is -2.42. The lowest BCUT2D eigenvalue weighted by Crippen LogP contribution is -2.40. The first kappa shape index (κ1) is 22.6. The van der Waals surface area contributed by atoms with Crippen molar-refractivity contribution in [1.82, 2.24) is 19.9 Å². The molecule has 4 unspecified atom stereocenters. The summed E-state index contributed by atoms with van der Waals surface area (Å²) in [6.45, 7) is 2.33. The van der Waals surface area contributed by atoms with Gasteiger partial charge in [0.2, 0.25) is 0 Å². The van der Waals surface area contributed by atoms with Gasteiger partial charge in [0.15, 0.2) is 0 Å². The fourth-order valence-electron chi connectivity index (χ4n) is 6.21. The number of hydroxylamine groups is 2. The molecule has 5 atom stereocenters. The zero-order valence-electron chi connectivity index (χ0n) is 19.9. The second-order valence-electron chi connectivity index (χ2n) is 10.1. The Balaban J connectivity index is 1.39. The van der Waals surface area contributed by atoms with E-state index < -0.39 is 0 Å². The molecule has 0 saturated heterocycles. The van der Waals surface area contributed by atoms with Crippen LogP contribution < -0.4 is 4.74 Å². The minimum atomic E-state index is -0.354. The molecule has 5 rings (SSSR count). The van der Waals surface area contributed by atoms with Crippen LogP contribution in [0.25, 0.3) is 0 Å². The normalized spacial score (nSPS) is 32.9. The summed E-state index contributed by atoms with van der Waals surface area (Å²) in [5.41, 5.74) is 2.25. The molecule has 0 radical (unpaired) electrons. The number of aliphatic hydroxyl groups excluding tert-OH is 1. The molecule has 180 valence electrons. The van der Waals surface area contributed by atoms with Gasteiger partial charge < -0.3 is 19.5 Å². The van der Waals surface area contributed by atoms with Crippen LogP contribution in [0.2, 0.25) is 0 Å². The van der Waals surface area contributed by atoms with Gasteiger partial charge >= 0.3 is 6.01 Å². The molecule has 2 aliphatic heterocycles. The van der Waals surface area contributed by atoms with Crippen molar-refractivity contribution in [3.05, 3.63) is 41.6 Å². The summed E-state index contributed by atoms with van der Waals surface area (Å²) >= 11 is 0. The van der Waals surface area contributed by atoms with Crippen molar-refractivity contribution in [3.8, 4) is 6.01 Å². The van der Waals surface area contributed by atoms with Crippen molar-refractivity contribution in [2.24, 2.45) is 11.3 Å². The summed E-state index contributed by atoms with van der Waals surface area (Å²) in [4.78, 5) is 16.9. The number of aliphatic hydroxyl groups is 1. The highest BCUT2D eigenvalue weighted by Gasteiger charge is 2.56. The lowest BCUT2D eigenvalue weighted by molar-refractivity contribution is -0.0967. The topological polar surface area (TPSA) is 80.2 Å². The quantitative estimate of drug-likeness (QED) is 0.628. The Morgan fingerprint density at radius 3 is 3.00 bits per heavy atom. The van der Waals surface area contributed by atoms with E-state index in [0.717, 1.165) is 56.6 Å². The minimum absolute atomic E-state index is 0.114. The number of nitrogens with zero attached hydrogens (tertiary/aromatic N) is 4. The molecule has 1 N–H and O–H groups in total. The van der Waals surface area contributed by atoms with Gasteiger partial charge in [-0.25, -0.2) is 4.98 Å². The molecular formula is C25H36N4O4. The summed E-state index contributed by atoms with van der Waals surface area (Å²) in [6.07, 6.45) is 11.2. The van der Waals surface area contributed by atoms with Gasteiger partial charge in [0, 0.05) is 37.2 Å². The monoisotopic (exact) mass is 456 g/mol. The fourth-order valence-corrected chi connectivity index (χ4v) is 6.21. The Bertz CT molecular complexity index is 919. The standard InChI is InChI=1S/C25H36N4O4/c1-28(2)10-4-12-32-24-26-9-7-20(27-24)17-5-6-22-25(15-17)8-11-29(31-3)16-18-13-19(30)14-21(33-22)23(18)25/h7-9,11,17-19,22,30H,4-6,10,12-16H2,1-3H3/t17?,18?,19-,22?,25?/m1/s1. The van der Waals surface area contributed by atoms with E-state index in [9.17, 15) is 5.11 Å². The predicted molar refractivity (Wildman–Crippen MR) is 123 cm³/mol. The molecule has 1 saturated carbocycles. The van der Waals surface area contributed by atoms with Crippen molar-refractivity contribution < 1.29 is 19.4 Å². The zero-order chi connectivity index (χ0) is 23.0. The first-order chi connectivity index (χ1) is 16.0. The van der Waals surface area contributed by atoms with Crippen LogP contribution in [0.4, 0.5) is 0 Å². The second kappa shape index (κ2) is 9.24. The largest absolute Gasteiger partial charge is 0.493 e.